The van der Waals surface area contributed by atoms with Gasteiger partial charge in [0.1, 0.15) is 5.82 Å². The molecule has 0 unspecified atom stereocenters. The fourth-order valence-corrected chi connectivity index (χ4v) is 1.53. The molecule has 3 N–H and O–H groups in total. The number of hydrogen-bond donors (Lipinski definition) is 3. The van der Waals surface area contributed by atoms with Crippen LogP contribution in [-0.4, -0.2) is 37.2 Å². The molecule has 0 radical (unpaired) electrons. The monoisotopic (exact) mass is 250 g/mol. The fourth-order valence-electron chi connectivity index (χ4n) is 1.53. The lowest BCUT2D eigenvalue weighted by atomic mass is 10.3. The molecule has 18 heavy (non-hydrogen) atoms. The molecule has 0 aliphatic rings. The van der Waals surface area contributed by atoms with Crippen molar-refractivity contribution in [1.29, 1.82) is 0 Å². The molecule has 1 amide bonds. The minimum Gasteiger partial charge on any atom is -0.355 e. The molecule has 0 aliphatic carbocycles. The summed E-state index contributed by atoms with van der Waals surface area (Å²) in [6.07, 6.45) is 4.07. The molecule has 8 nitrogen and oxygen atoms in total. The summed E-state index contributed by atoms with van der Waals surface area (Å²) < 4.78 is 1.80. The average molecular weight is 250 g/mol. The van der Waals surface area contributed by atoms with Gasteiger partial charge in [-0.1, -0.05) is 0 Å². The second kappa shape index (κ2) is 5.30. The van der Waals surface area contributed by atoms with Crippen molar-refractivity contribution in [2.75, 3.05) is 6.54 Å². The molecule has 0 aliphatic heterocycles. The number of aromatic nitrogens is 5. The van der Waals surface area contributed by atoms with Gasteiger partial charge in [0.15, 0.2) is 0 Å². The van der Waals surface area contributed by atoms with E-state index in [9.17, 15) is 9.59 Å². The first-order valence-electron chi connectivity index (χ1n) is 5.50. The standard InChI is InChI=1S/C10H14N6O2/c1-16-6-11-5-7(16)4-9(17)12-3-2-8-13-10(18)15-14-8/h5-6H,2-4H2,1H3,(H,12,17)(H2,13,14,15,18). The largest absolute Gasteiger partial charge is 0.355 e. The third-order valence-electron chi connectivity index (χ3n) is 2.49. The second-order valence-electron chi connectivity index (χ2n) is 3.90. The summed E-state index contributed by atoms with van der Waals surface area (Å²) in [6.45, 7) is 0.428. The Morgan fingerprint density at radius 3 is 3.00 bits per heavy atom. The van der Waals surface area contributed by atoms with E-state index in [1.54, 1.807) is 17.1 Å². The highest BCUT2D eigenvalue weighted by molar-refractivity contribution is 5.78. The van der Waals surface area contributed by atoms with Gasteiger partial charge in [-0.25, -0.2) is 14.9 Å². The van der Waals surface area contributed by atoms with Crippen LogP contribution in [0.25, 0.3) is 0 Å². The Bertz CT molecular complexity index is 581. The molecular formula is C10H14N6O2. The molecule has 0 saturated carbocycles. The highest BCUT2D eigenvalue weighted by atomic mass is 16.2. The minimum absolute atomic E-state index is 0.0866. The molecule has 96 valence electrons. The van der Waals surface area contributed by atoms with Gasteiger partial charge in [0.25, 0.3) is 0 Å². The van der Waals surface area contributed by atoms with Gasteiger partial charge >= 0.3 is 5.69 Å². The fraction of sp³-hybridized carbons (Fsp3) is 0.400. The third kappa shape index (κ3) is 3.06. The van der Waals surface area contributed by atoms with E-state index in [1.165, 1.54) is 0 Å². The van der Waals surface area contributed by atoms with Crippen LogP contribution in [0.2, 0.25) is 0 Å². The number of nitrogens with one attached hydrogen (secondary N) is 3. The van der Waals surface area contributed by atoms with Crippen LogP contribution < -0.4 is 11.0 Å². The number of H-pyrrole nitrogens is 2. The molecule has 2 aromatic heterocycles. The van der Waals surface area contributed by atoms with E-state index in [0.717, 1.165) is 5.69 Å². The van der Waals surface area contributed by atoms with Gasteiger partial charge in [-0.3, -0.25) is 9.78 Å². The molecule has 2 rings (SSSR count). The Labute approximate surface area is 102 Å². The van der Waals surface area contributed by atoms with Crippen LogP contribution in [0.1, 0.15) is 11.5 Å². The van der Waals surface area contributed by atoms with Crippen LogP contribution >= 0.6 is 0 Å². The molecule has 0 spiro atoms. The SMILES string of the molecule is Cn1cncc1CC(=O)NCCc1n[nH]c(=O)[nH]1. The Morgan fingerprint density at radius 1 is 1.56 bits per heavy atom. The number of amides is 1. The Kier molecular flexibility index (Phi) is 3.56. The zero-order valence-corrected chi connectivity index (χ0v) is 9.93. The van der Waals surface area contributed by atoms with E-state index in [0.29, 0.717) is 18.8 Å². The van der Waals surface area contributed by atoms with E-state index < -0.39 is 0 Å². The smallest absolute Gasteiger partial charge is 0.340 e. The first-order valence-corrected chi connectivity index (χ1v) is 5.50. The number of carbonyl (C=O) groups excluding carboxylic acids is 1. The van der Waals surface area contributed by atoms with Crippen molar-refractivity contribution >= 4 is 5.91 Å². The van der Waals surface area contributed by atoms with Crippen molar-refractivity contribution < 1.29 is 4.79 Å². The number of nitrogens with zero attached hydrogens (tertiary/aromatic N) is 3. The zero-order valence-electron chi connectivity index (χ0n) is 9.93. The maximum Gasteiger partial charge on any atom is 0.340 e. The van der Waals surface area contributed by atoms with E-state index in [4.69, 9.17) is 0 Å². The van der Waals surface area contributed by atoms with Crippen LogP contribution in [0.15, 0.2) is 17.3 Å². The lowest BCUT2D eigenvalue weighted by Gasteiger charge is -2.04. The molecule has 2 aromatic rings. The van der Waals surface area contributed by atoms with Crippen molar-refractivity contribution in [1.82, 2.24) is 30.0 Å². The normalized spacial score (nSPS) is 10.5. The molecule has 0 bridgehead atoms. The molecule has 0 aromatic carbocycles. The molecule has 2 heterocycles. The van der Waals surface area contributed by atoms with Crippen LogP contribution in [0.4, 0.5) is 0 Å². The number of aryl methyl sites for hydroxylation is 1. The third-order valence-corrected chi connectivity index (χ3v) is 2.49. The predicted octanol–water partition coefficient (Wildman–Crippen LogP) is -1.27. The Balaban J connectivity index is 1.75. The topological polar surface area (TPSA) is 108 Å². The van der Waals surface area contributed by atoms with Gasteiger partial charge in [0, 0.05) is 31.9 Å². The summed E-state index contributed by atoms with van der Waals surface area (Å²) in [5.74, 6) is 0.442. The number of aromatic amines is 2. The van der Waals surface area contributed by atoms with Gasteiger partial charge in [-0.15, -0.1) is 0 Å². The van der Waals surface area contributed by atoms with Crippen LogP contribution in [0.3, 0.4) is 0 Å². The molecule has 0 fully saturated rings. The van der Waals surface area contributed by atoms with Gasteiger partial charge in [0.05, 0.1) is 12.7 Å². The van der Waals surface area contributed by atoms with Gasteiger partial charge in [0.2, 0.25) is 5.91 Å². The van der Waals surface area contributed by atoms with Crippen LogP contribution in [0.5, 0.6) is 0 Å². The molecule has 8 heteroatoms. The molecule has 0 atom stereocenters. The number of rotatable bonds is 5. The van der Waals surface area contributed by atoms with E-state index in [-0.39, 0.29) is 18.0 Å². The number of imidazole rings is 1. The van der Waals surface area contributed by atoms with E-state index in [2.05, 4.69) is 25.5 Å². The molecular weight excluding hydrogens is 236 g/mol. The van der Waals surface area contributed by atoms with Crippen LogP contribution in [0, 0.1) is 0 Å². The number of carbonyl (C=O) groups is 1. The van der Waals surface area contributed by atoms with Crippen molar-refractivity contribution in [3.63, 3.8) is 0 Å². The second-order valence-corrected chi connectivity index (χ2v) is 3.90. The first-order chi connectivity index (χ1) is 8.65. The summed E-state index contributed by atoms with van der Waals surface area (Å²) in [4.78, 5) is 28.8. The number of hydrogen-bond acceptors (Lipinski definition) is 4. The maximum absolute atomic E-state index is 11.6. The van der Waals surface area contributed by atoms with Crippen molar-refractivity contribution in [2.24, 2.45) is 7.05 Å². The summed E-state index contributed by atoms with van der Waals surface area (Å²) in [5.41, 5.74) is 0.506. The van der Waals surface area contributed by atoms with Crippen LogP contribution in [-0.2, 0) is 24.7 Å². The van der Waals surface area contributed by atoms with E-state index >= 15 is 0 Å². The predicted molar refractivity (Wildman–Crippen MR) is 62.8 cm³/mol. The summed E-state index contributed by atoms with van der Waals surface area (Å²) in [7, 11) is 1.84. The quantitative estimate of drug-likeness (QED) is 0.615. The van der Waals surface area contributed by atoms with Gasteiger partial charge in [-0.05, 0) is 0 Å². The minimum atomic E-state index is -0.341. The van der Waals surface area contributed by atoms with Crippen molar-refractivity contribution in [3.8, 4) is 0 Å². The lowest BCUT2D eigenvalue weighted by molar-refractivity contribution is -0.120. The summed E-state index contributed by atoms with van der Waals surface area (Å²) >= 11 is 0. The summed E-state index contributed by atoms with van der Waals surface area (Å²) in [6, 6.07) is 0. The highest BCUT2D eigenvalue weighted by Gasteiger charge is 2.06. The van der Waals surface area contributed by atoms with Gasteiger partial charge in [-0.2, -0.15) is 5.10 Å². The molecule has 0 saturated heterocycles. The first kappa shape index (κ1) is 12.1. The highest BCUT2D eigenvalue weighted by Crippen LogP contribution is 1.97. The Hall–Kier alpha value is -2.38. The zero-order chi connectivity index (χ0) is 13.0. The average Bonchev–Trinajstić information content (AvgIpc) is 2.89. The van der Waals surface area contributed by atoms with Crippen molar-refractivity contribution in [2.45, 2.75) is 12.8 Å². The Morgan fingerprint density at radius 2 is 2.39 bits per heavy atom. The van der Waals surface area contributed by atoms with Crippen molar-refractivity contribution in [3.05, 3.63) is 34.5 Å². The lowest BCUT2D eigenvalue weighted by Crippen LogP contribution is -2.28. The van der Waals surface area contributed by atoms with E-state index in [1.807, 2.05) is 7.05 Å². The maximum atomic E-state index is 11.6. The summed E-state index contributed by atoms with van der Waals surface area (Å²) in [5, 5.41) is 8.76. The van der Waals surface area contributed by atoms with Gasteiger partial charge < -0.3 is 9.88 Å².